The van der Waals surface area contributed by atoms with Crippen LogP contribution in [0.5, 0.6) is 0 Å². The van der Waals surface area contributed by atoms with Crippen LogP contribution >= 0.6 is 15.9 Å². The van der Waals surface area contributed by atoms with E-state index in [0.29, 0.717) is 17.0 Å². The molecule has 0 aliphatic rings. The molecule has 2 aromatic rings. The molecule has 0 fully saturated rings. The normalized spacial score (nSPS) is 10.3. The van der Waals surface area contributed by atoms with E-state index in [0.717, 1.165) is 12.0 Å². The van der Waals surface area contributed by atoms with Gasteiger partial charge in [-0.1, -0.05) is 0 Å². The quantitative estimate of drug-likeness (QED) is 0.872. The monoisotopic (exact) mass is 308 g/mol. The van der Waals surface area contributed by atoms with E-state index in [9.17, 15) is 4.79 Å². The van der Waals surface area contributed by atoms with Crippen LogP contribution in [-0.4, -0.2) is 29.4 Å². The Morgan fingerprint density at radius 3 is 2.67 bits per heavy atom. The first-order valence-electron chi connectivity index (χ1n) is 5.56. The Kier molecular flexibility index (Phi) is 4.15. The van der Waals surface area contributed by atoms with Crippen molar-refractivity contribution in [3.63, 3.8) is 0 Å². The van der Waals surface area contributed by atoms with Crippen LogP contribution in [0.2, 0.25) is 0 Å². The van der Waals surface area contributed by atoms with E-state index in [-0.39, 0.29) is 5.91 Å². The highest BCUT2D eigenvalue weighted by molar-refractivity contribution is 9.10. The molecule has 0 spiro atoms. The summed E-state index contributed by atoms with van der Waals surface area (Å²) in [7, 11) is 1.76. The zero-order valence-corrected chi connectivity index (χ0v) is 11.6. The van der Waals surface area contributed by atoms with Gasteiger partial charge in [-0.25, -0.2) is 0 Å². The molecule has 18 heavy (non-hydrogen) atoms. The molecule has 5 heteroatoms. The molecule has 0 saturated heterocycles. The molecule has 0 aliphatic heterocycles. The number of rotatable bonds is 4. The Hall–Kier alpha value is -1.62. The molecule has 0 aliphatic carbocycles. The van der Waals surface area contributed by atoms with Crippen LogP contribution in [0.3, 0.4) is 0 Å². The lowest BCUT2D eigenvalue weighted by atomic mass is 10.2. The summed E-state index contributed by atoms with van der Waals surface area (Å²) < 4.78 is 5.80. The van der Waals surface area contributed by atoms with Gasteiger partial charge in [-0.05, 0) is 52.2 Å². The summed E-state index contributed by atoms with van der Waals surface area (Å²) in [5, 5.41) is 0. The second-order valence-electron chi connectivity index (χ2n) is 3.94. The van der Waals surface area contributed by atoms with Gasteiger partial charge in [0.2, 0.25) is 0 Å². The number of likely N-dealkylation sites (N-methyl/N-ethyl adjacent to an activating group) is 1. The number of aromatic nitrogens is 1. The van der Waals surface area contributed by atoms with E-state index in [1.807, 2.05) is 12.1 Å². The molecule has 0 N–H and O–H groups in total. The lowest BCUT2D eigenvalue weighted by Crippen LogP contribution is -2.28. The van der Waals surface area contributed by atoms with Gasteiger partial charge in [-0.3, -0.25) is 9.78 Å². The van der Waals surface area contributed by atoms with Crippen LogP contribution in [0.25, 0.3) is 0 Å². The maximum atomic E-state index is 12.0. The molecule has 1 amide bonds. The molecule has 2 heterocycles. The fourth-order valence-electron chi connectivity index (χ4n) is 1.57. The van der Waals surface area contributed by atoms with Crippen LogP contribution in [0.4, 0.5) is 0 Å². The summed E-state index contributed by atoms with van der Waals surface area (Å²) in [6.07, 6.45) is 4.30. The van der Waals surface area contributed by atoms with Crippen molar-refractivity contribution in [2.75, 3.05) is 13.6 Å². The molecule has 0 radical (unpaired) electrons. The van der Waals surface area contributed by atoms with E-state index in [1.54, 1.807) is 36.5 Å². The number of halogens is 1. The molecular formula is C13H13BrN2O2. The van der Waals surface area contributed by atoms with Crippen molar-refractivity contribution < 1.29 is 9.21 Å². The average molecular weight is 309 g/mol. The Labute approximate surface area is 114 Å². The van der Waals surface area contributed by atoms with E-state index >= 15 is 0 Å². The molecule has 94 valence electrons. The van der Waals surface area contributed by atoms with Gasteiger partial charge >= 0.3 is 0 Å². The van der Waals surface area contributed by atoms with Crippen LogP contribution in [0, 0.1) is 0 Å². The fraction of sp³-hybridized carbons (Fsp3) is 0.231. The Balaban J connectivity index is 1.92. The first kappa shape index (κ1) is 12.8. The van der Waals surface area contributed by atoms with Crippen molar-refractivity contribution in [1.29, 1.82) is 0 Å². The van der Waals surface area contributed by atoms with Gasteiger partial charge in [0.05, 0.1) is 0 Å². The highest BCUT2D eigenvalue weighted by Gasteiger charge is 2.15. The summed E-state index contributed by atoms with van der Waals surface area (Å²) in [4.78, 5) is 17.6. The number of nitrogens with zero attached hydrogens (tertiary/aromatic N) is 2. The highest BCUT2D eigenvalue weighted by atomic mass is 79.9. The standard InChI is InChI=1S/C13H13BrN2O2/c1-16(9-6-10-4-7-15-8-5-10)13(17)11-2-3-12(14)18-11/h2-5,7-8H,6,9H2,1H3. The van der Waals surface area contributed by atoms with Crippen LogP contribution in [-0.2, 0) is 6.42 Å². The number of pyridine rings is 1. The number of hydrogen-bond acceptors (Lipinski definition) is 3. The van der Waals surface area contributed by atoms with Crippen molar-refractivity contribution in [1.82, 2.24) is 9.88 Å². The Morgan fingerprint density at radius 1 is 1.33 bits per heavy atom. The largest absolute Gasteiger partial charge is 0.444 e. The van der Waals surface area contributed by atoms with Gasteiger partial charge in [-0.15, -0.1) is 0 Å². The minimum atomic E-state index is -0.116. The Morgan fingerprint density at radius 2 is 2.06 bits per heavy atom. The predicted octanol–water partition coefficient (Wildman–Crippen LogP) is 2.75. The van der Waals surface area contributed by atoms with Gasteiger partial charge < -0.3 is 9.32 Å². The van der Waals surface area contributed by atoms with Crippen LogP contribution in [0.1, 0.15) is 16.1 Å². The van der Waals surface area contributed by atoms with Gasteiger partial charge in [0.25, 0.3) is 5.91 Å². The predicted molar refractivity (Wildman–Crippen MR) is 71.3 cm³/mol. The number of hydrogen-bond donors (Lipinski definition) is 0. The molecule has 0 saturated carbocycles. The first-order valence-corrected chi connectivity index (χ1v) is 6.36. The second-order valence-corrected chi connectivity index (χ2v) is 4.72. The first-order chi connectivity index (χ1) is 8.66. The van der Waals surface area contributed by atoms with Crippen LogP contribution in [0.15, 0.2) is 45.7 Å². The molecule has 2 rings (SSSR count). The smallest absolute Gasteiger partial charge is 0.289 e. The third-order valence-electron chi connectivity index (χ3n) is 2.62. The van der Waals surface area contributed by atoms with Crippen molar-refractivity contribution >= 4 is 21.8 Å². The maximum Gasteiger partial charge on any atom is 0.289 e. The lowest BCUT2D eigenvalue weighted by Gasteiger charge is -2.15. The van der Waals surface area contributed by atoms with E-state index in [4.69, 9.17) is 4.42 Å². The van der Waals surface area contributed by atoms with Crippen molar-refractivity contribution in [3.05, 3.63) is 52.7 Å². The number of carbonyl (C=O) groups excluding carboxylic acids is 1. The van der Waals surface area contributed by atoms with E-state index < -0.39 is 0 Å². The lowest BCUT2D eigenvalue weighted by molar-refractivity contribution is 0.0764. The third kappa shape index (κ3) is 3.20. The van der Waals surface area contributed by atoms with E-state index in [2.05, 4.69) is 20.9 Å². The number of furan rings is 1. The van der Waals surface area contributed by atoms with Gasteiger partial charge in [0, 0.05) is 26.0 Å². The van der Waals surface area contributed by atoms with Crippen molar-refractivity contribution in [2.45, 2.75) is 6.42 Å². The van der Waals surface area contributed by atoms with Gasteiger partial charge in [0.1, 0.15) is 0 Å². The van der Waals surface area contributed by atoms with Crippen molar-refractivity contribution in [3.8, 4) is 0 Å². The fourth-order valence-corrected chi connectivity index (χ4v) is 1.87. The molecule has 2 aromatic heterocycles. The molecule has 0 aromatic carbocycles. The minimum Gasteiger partial charge on any atom is -0.444 e. The highest BCUT2D eigenvalue weighted by Crippen LogP contribution is 2.15. The van der Waals surface area contributed by atoms with Crippen LogP contribution < -0.4 is 0 Å². The molecule has 0 atom stereocenters. The van der Waals surface area contributed by atoms with E-state index in [1.165, 1.54) is 0 Å². The molecule has 4 nitrogen and oxygen atoms in total. The number of amides is 1. The molecule has 0 unspecified atom stereocenters. The maximum absolute atomic E-state index is 12.0. The topological polar surface area (TPSA) is 46.3 Å². The zero-order valence-electron chi connectivity index (χ0n) is 9.97. The summed E-state index contributed by atoms with van der Waals surface area (Å²) in [6, 6.07) is 7.27. The van der Waals surface area contributed by atoms with Gasteiger partial charge in [0.15, 0.2) is 10.4 Å². The Bertz CT molecular complexity index is 525. The third-order valence-corrected chi connectivity index (χ3v) is 3.04. The summed E-state index contributed by atoms with van der Waals surface area (Å²) in [5.41, 5.74) is 1.16. The minimum absolute atomic E-state index is 0.116. The molecule has 0 bridgehead atoms. The van der Waals surface area contributed by atoms with Crippen molar-refractivity contribution in [2.24, 2.45) is 0 Å². The summed E-state index contributed by atoms with van der Waals surface area (Å²) in [6.45, 7) is 0.640. The SMILES string of the molecule is CN(CCc1ccncc1)C(=O)c1ccc(Br)o1. The molecular weight excluding hydrogens is 296 g/mol. The average Bonchev–Trinajstić information content (AvgIpc) is 2.83. The zero-order chi connectivity index (χ0) is 13.0. The number of carbonyl (C=O) groups is 1. The second kappa shape index (κ2) is 5.82. The van der Waals surface area contributed by atoms with Gasteiger partial charge in [-0.2, -0.15) is 0 Å². The summed E-state index contributed by atoms with van der Waals surface area (Å²) in [5.74, 6) is 0.230. The summed E-state index contributed by atoms with van der Waals surface area (Å²) >= 11 is 3.18.